The first-order chi connectivity index (χ1) is 9.38. The molecule has 0 aliphatic heterocycles. The Hall–Kier alpha value is -0.980. The summed E-state index contributed by atoms with van der Waals surface area (Å²) < 4.78 is 28.3. The molecule has 2 nitrogen and oxygen atoms in total. The van der Waals surface area contributed by atoms with Crippen LogP contribution in [0.1, 0.15) is 15.2 Å². The average molecular weight is 381 g/mol. The molecule has 2 rings (SSSR count). The summed E-state index contributed by atoms with van der Waals surface area (Å²) in [5.74, 6) is -2.49. The Kier molecular flexibility index (Phi) is 4.78. The van der Waals surface area contributed by atoms with Gasteiger partial charge in [-0.2, -0.15) is 0 Å². The third-order valence-electron chi connectivity index (χ3n) is 2.59. The summed E-state index contributed by atoms with van der Waals surface area (Å²) >= 11 is 10.1. The van der Waals surface area contributed by atoms with Gasteiger partial charge in [-0.3, -0.25) is 4.79 Å². The van der Waals surface area contributed by atoms with Gasteiger partial charge in [-0.1, -0.05) is 27.5 Å². The molecule has 0 saturated heterocycles. The van der Waals surface area contributed by atoms with Gasteiger partial charge in [0.15, 0.2) is 0 Å². The summed E-state index contributed by atoms with van der Waals surface area (Å²) in [6.07, 6.45) is 0. The van der Waals surface area contributed by atoms with Crippen molar-refractivity contribution in [3.63, 3.8) is 0 Å². The summed E-state index contributed by atoms with van der Waals surface area (Å²) in [5.41, 5.74) is -0.557. The molecule has 0 atom stereocenters. The Morgan fingerprint density at radius 2 is 1.95 bits per heavy atom. The van der Waals surface area contributed by atoms with Crippen molar-refractivity contribution >= 4 is 44.8 Å². The van der Waals surface area contributed by atoms with Crippen LogP contribution in [0.3, 0.4) is 0 Å². The van der Waals surface area contributed by atoms with Crippen molar-refractivity contribution in [1.29, 1.82) is 0 Å². The summed E-state index contributed by atoms with van der Waals surface area (Å²) in [4.78, 5) is 14.2. The van der Waals surface area contributed by atoms with Crippen molar-refractivity contribution in [2.45, 2.75) is 6.54 Å². The lowest BCUT2D eigenvalue weighted by Gasteiger charge is -2.17. The minimum atomic E-state index is -0.891. The van der Waals surface area contributed by atoms with Crippen LogP contribution >= 0.6 is 38.9 Å². The lowest BCUT2D eigenvalue weighted by molar-refractivity contribution is 0.0776. The lowest BCUT2D eigenvalue weighted by atomic mass is 10.1. The zero-order valence-corrected chi connectivity index (χ0v) is 13.5. The molecule has 7 heteroatoms. The van der Waals surface area contributed by atoms with Gasteiger partial charge in [0.1, 0.15) is 17.2 Å². The van der Waals surface area contributed by atoms with Crippen LogP contribution in [0.2, 0.25) is 4.34 Å². The first-order valence-electron chi connectivity index (χ1n) is 5.52. The number of nitrogens with zero attached hydrogens (tertiary/aromatic N) is 1. The summed E-state index contributed by atoms with van der Waals surface area (Å²) in [5, 5.41) is 0. The van der Waals surface area contributed by atoms with E-state index in [0.717, 1.165) is 17.0 Å². The molecule has 0 bridgehead atoms. The van der Waals surface area contributed by atoms with Crippen molar-refractivity contribution in [2.24, 2.45) is 0 Å². The van der Waals surface area contributed by atoms with Crippen LogP contribution < -0.4 is 0 Å². The zero-order valence-electron chi connectivity index (χ0n) is 10.3. The molecule has 0 radical (unpaired) electrons. The molecule has 0 aliphatic rings. The molecule has 0 spiro atoms. The molecule has 1 heterocycles. The molecule has 0 aliphatic carbocycles. The second-order valence-electron chi connectivity index (χ2n) is 4.11. The Morgan fingerprint density at radius 1 is 1.35 bits per heavy atom. The van der Waals surface area contributed by atoms with E-state index in [1.165, 1.54) is 23.3 Å². The van der Waals surface area contributed by atoms with Crippen molar-refractivity contribution < 1.29 is 13.6 Å². The van der Waals surface area contributed by atoms with E-state index < -0.39 is 23.1 Å². The number of benzene rings is 1. The monoisotopic (exact) mass is 379 g/mol. The topological polar surface area (TPSA) is 20.3 Å². The van der Waals surface area contributed by atoms with E-state index in [-0.39, 0.29) is 11.0 Å². The second-order valence-corrected chi connectivity index (χ2v) is 6.83. The molecule has 106 valence electrons. The minimum absolute atomic E-state index is 0.241. The highest BCUT2D eigenvalue weighted by Crippen LogP contribution is 2.24. The van der Waals surface area contributed by atoms with Gasteiger partial charge in [-0.05, 0) is 24.3 Å². The third-order valence-corrected chi connectivity index (χ3v) is 4.26. The Balaban J connectivity index is 2.23. The summed E-state index contributed by atoms with van der Waals surface area (Å²) in [6, 6.07) is 5.60. The predicted molar refractivity (Wildman–Crippen MR) is 79.2 cm³/mol. The van der Waals surface area contributed by atoms with E-state index in [9.17, 15) is 13.6 Å². The molecule has 1 amide bonds. The van der Waals surface area contributed by atoms with Crippen molar-refractivity contribution in [1.82, 2.24) is 4.90 Å². The molecule has 0 N–H and O–H groups in total. The third kappa shape index (κ3) is 3.37. The van der Waals surface area contributed by atoms with Crippen LogP contribution in [0, 0.1) is 11.6 Å². The Morgan fingerprint density at radius 3 is 2.45 bits per heavy atom. The van der Waals surface area contributed by atoms with Gasteiger partial charge < -0.3 is 4.90 Å². The fourth-order valence-corrected chi connectivity index (χ4v) is 3.22. The van der Waals surface area contributed by atoms with Crippen molar-refractivity contribution in [3.05, 3.63) is 55.1 Å². The highest BCUT2D eigenvalue weighted by molar-refractivity contribution is 9.10. The normalized spacial score (nSPS) is 10.7. The SMILES string of the molecule is CN(Cc1ccc(Cl)s1)C(=O)c1c(F)cc(Br)cc1F. The minimum Gasteiger partial charge on any atom is -0.336 e. The molecule has 0 saturated carbocycles. The van der Waals surface area contributed by atoms with Crippen LogP contribution in [0.5, 0.6) is 0 Å². The van der Waals surface area contributed by atoms with Crippen molar-refractivity contribution in [2.75, 3.05) is 7.05 Å². The van der Waals surface area contributed by atoms with E-state index in [1.807, 2.05) is 0 Å². The maximum atomic E-state index is 13.7. The van der Waals surface area contributed by atoms with Crippen LogP contribution in [-0.4, -0.2) is 17.9 Å². The predicted octanol–water partition coefficient (Wildman–Crippen LogP) is 4.71. The van der Waals surface area contributed by atoms with E-state index in [2.05, 4.69) is 15.9 Å². The second kappa shape index (κ2) is 6.20. The van der Waals surface area contributed by atoms with E-state index in [1.54, 1.807) is 12.1 Å². The van der Waals surface area contributed by atoms with Gasteiger partial charge in [0, 0.05) is 16.4 Å². The number of carbonyl (C=O) groups excluding carboxylic acids is 1. The quantitative estimate of drug-likeness (QED) is 0.755. The number of rotatable bonds is 3. The largest absolute Gasteiger partial charge is 0.336 e. The fourth-order valence-electron chi connectivity index (χ4n) is 1.68. The van der Waals surface area contributed by atoms with Crippen LogP contribution in [0.25, 0.3) is 0 Å². The zero-order chi connectivity index (χ0) is 14.9. The van der Waals surface area contributed by atoms with Gasteiger partial charge in [0.2, 0.25) is 0 Å². The number of hydrogen-bond acceptors (Lipinski definition) is 2. The van der Waals surface area contributed by atoms with Gasteiger partial charge in [0.05, 0.1) is 10.9 Å². The number of amides is 1. The molecule has 20 heavy (non-hydrogen) atoms. The number of thiophene rings is 1. The van der Waals surface area contributed by atoms with Crippen LogP contribution in [0.4, 0.5) is 8.78 Å². The molecule has 2 aromatic rings. The smallest absolute Gasteiger partial charge is 0.259 e. The standard InChI is InChI=1S/C13H9BrClF2NOS/c1-18(6-8-2-3-11(15)20-8)13(19)12-9(16)4-7(14)5-10(12)17/h2-5H,6H2,1H3. The van der Waals surface area contributed by atoms with Gasteiger partial charge in [-0.15, -0.1) is 11.3 Å². The van der Waals surface area contributed by atoms with Crippen molar-refractivity contribution in [3.8, 4) is 0 Å². The molecule has 0 fully saturated rings. The van der Waals surface area contributed by atoms with Gasteiger partial charge in [-0.25, -0.2) is 8.78 Å². The van der Waals surface area contributed by atoms with E-state index in [4.69, 9.17) is 11.6 Å². The molecule has 1 aromatic heterocycles. The highest BCUT2D eigenvalue weighted by atomic mass is 79.9. The Bertz CT molecular complexity index is 639. The lowest BCUT2D eigenvalue weighted by Crippen LogP contribution is -2.27. The summed E-state index contributed by atoms with van der Waals surface area (Å²) in [6.45, 7) is 0.241. The maximum Gasteiger partial charge on any atom is 0.259 e. The van der Waals surface area contributed by atoms with Gasteiger partial charge in [0.25, 0.3) is 5.91 Å². The summed E-state index contributed by atoms with van der Waals surface area (Å²) in [7, 11) is 1.48. The van der Waals surface area contributed by atoms with Gasteiger partial charge >= 0.3 is 0 Å². The van der Waals surface area contributed by atoms with Crippen LogP contribution in [0.15, 0.2) is 28.7 Å². The molecular formula is C13H9BrClF2NOS. The first-order valence-corrected chi connectivity index (χ1v) is 7.51. The number of halogens is 4. The maximum absolute atomic E-state index is 13.7. The Labute approximate surface area is 132 Å². The van der Waals surface area contributed by atoms with Crippen LogP contribution in [-0.2, 0) is 6.54 Å². The molecular weight excluding hydrogens is 372 g/mol. The van der Waals surface area contributed by atoms with E-state index in [0.29, 0.717) is 4.34 Å². The van der Waals surface area contributed by atoms with E-state index >= 15 is 0 Å². The molecule has 0 unspecified atom stereocenters. The fraction of sp³-hybridized carbons (Fsp3) is 0.154. The molecule has 1 aromatic carbocycles. The highest BCUT2D eigenvalue weighted by Gasteiger charge is 2.22. The number of carbonyl (C=O) groups is 1. The first kappa shape index (κ1) is 15.4. The number of hydrogen-bond donors (Lipinski definition) is 0. The average Bonchev–Trinajstić information content (AvgIpc) is 2.73.